The van der Waals surface area contributed by atoms with Crippen molar-refractivity contribution in [3.8, 4) is 0 Å². The summed E-state index contributed by atoms with van der Waals surface area (Å²) in [5, 5.41) is 14.5. The number of halogens is 2. The molecule has 1 unspecified atom stereocenters. The second kappa shape index (κ2) is 8.24. The molecule has 0 radical (unpaired) electrons. The van der Waals surface area contributed by atoms with Crippen molar-refractivity contribution in [3.63, 3.8) is 0 Å². The fourth-order valence-electron chi connectivity index (χ4n) is 3.03. The number of hydroxylamine groups is 2. The van der Waals surface area contributed by atoms with E-state index in [0.29, 0.717) is 26.6 Å². The molecule has 9 heteroatoms. The molecule has 1 heterocycles. The van der Waals surface area contributed by atoms with Gasteiger partial charge in [-0.15, -0.1) is 0 Å². The largest absolute Gasteiger partial charge is 0.347 e. The Labute approximate surface area is 177 Å². The fourth-order valence-corrected chi connectivity index (χ4v) is 5.10. The number of anilines is 1. The number of hydrogen-bond donors (Lipinski definition) is 2. The average molecular weight is 440 g/mol. The van der Waals surface area contributed by atoms with Crippen molar-refractivity contribution in [2.75, 3.05) is 5.32 Å². The lowest BCUT2D eigenvalue weighted by Crippen LogP contribution is -2.55. The van der Waals surface area contributed by atoms with Crippen molar-refractivity contribution in [1.29, 1.82) is 0 Å². The predicted molar refractivity (Wildman–Crippen MR) is 114 cm³/mol. The second-order valence-corrected chi connectivity index (χ2v) is 9.61. The maximum atomic E-state index is 13.2. The highest BCUT2D eigenvalue weighted by Crippen LogP contribution is 2.43. The van der Waals surface area contributed by atoms with E-state index in [1.807, 2.05) is 13.8 Å². The molecule has 0 aromatic heterocycles. The third-order valence-corrected chi connectivity index (χ3v) is 6.15. The molecule has 2 aromatic rings. The molecule has 1 aliphatic rings. The van der Waals surface area contributed by atoms with Gasteiger partial charge in [0, 0.05) is 17.3 Å². The maximum Gasteiger partial charge on any atom is 0.347 e. The maximum absolute atomic E-state index is 13.2. The molecule has 0 aliphatic carbocycles. The monoisotopic (exact) mass is 439 g/mol. The van der Waals surface area contributed by atoms with Crippen LogP contribution in [0.3, 0.4) is 0 Å². The van der Waals surface area contributed by atoms with Gasteiger partial charge in [-0.3, -0.25) is 5.21 Å². The van der Waals surface area contributed by atoms with Crippen LogP contribution in [0.1, 0.15) is 19.4 Å². The number of thioether (sulfide) groups is 1. The summed E-state index contributed by atoms with van der Waals surface area (Å²) in [4.78, 5) is 14.4. The highest BCUT2D eigenvalue weighted by molar-refractivity contribution is 8.24. The van der Waals surface area contributed by atoms with Crippen molar-refractivity contribution >= 4 is 51.6 Å². The predicted octanol–water partition coefficient (Wildman–Crippen LogP) is 5.34. The first-order valence-electron chi connectivity index (χ1n) is 8.46. The van der Waals surface area contributed by atoms with Crippen LogP contribution in [0.15, 0.2) is 48.5 Å². The molecule has 0 bridgehead atoms. The molecular formula is C19H19ClFN3O2S2. The summed E-state index contributed by atoms with van der Waals surface area (Å²) < 4.78 is 13.2. The summed E-state index contributed by atoms with van der Waals surface area (Å²) in [7, 11) is 0. The summed E-state index contributed by atoms with van der Waals surface area (Å²) in [5.41, 5.74) is 1.28. The van der Waals surface area contributed by atoms with Crippen LogP contribution in [0.4, 0.5) is 14.9 Å². The summed E-state index contributed by atoms with van der Waals surface area (Å²) in [6.45, 7) is 4.13. The minimum absolute atomic E-state index is 0.330. The molecule has 1 fully saturated rings. The number of benzene rings is 2. The second-order valence-electron chi connectivity index (χ2n) is 6.88. The Hall–Kier alpha value is -1.87. The molecule has 3 rings (SSSR count). The lowest BCUT2D eigenvalue weighted by Gasteiger charge is -2.36. The van der Waals surface area contributed by atoms with Gasteiger partial charge in [0.05, 0.1) is 4.75 Å². The lowest BCUT2D eigenvalue weighted by atomic mass is 10.1. The third-order valence-electron chi connectivity index (χ3n) is 4.28. The summed E-state index contributed by atoms with van der Waals surface area (Å²) in [6.07, 6.45) is -0.714. The van der Waals surface area contributed by atoms with E-state index in [1.54, 1.807) is 41.3 Å². The van der Waals surface area contributed by atoms with Crippen LogP contribution in [0, 0.1) is 5.82 Å². The Kier molecular flexibility index (Phi) is 6.14. The van der Waals surface area contributed by atoms with Crippen molar-refractivity contribution in [2.45, 2.75) is 31.3 Å². The molecule has 1 aliphatic heterocycles. The van der Waals surface area contributed by atoms with Gasteiger partial charge in [-0.1, -0.05) is 53.8 Å². The molecule has 1 atom stereocenters. The Balaban J connectivity index is 1.81. The number of hydrogen-bond acceptors (Lipinski definition) is 4. The topological polar surface area (TPSA) is 55.8 Å². The van der Waals surface area contributed by atoms with Crippen LogP contribution in [0.2, 0.25) is 5.02 Å². The fraction of sp³-hybridized carbons (Fsp3) is 0.263. The van der Waals surface area contributed by atoms with E-state index in [9.17, 15) is 14.4 Å². The number of nitrogens with zero attached hydrogens (tertiary/aromatic N) is 2. The Bertz CT molecular complexity index is 895. The van der Waals surface area contributed by atoms with E-state index >= 15 is 0 Å². The van der Waals surface area contributed by atoms with Crippen LogP contribution in [0.5, 0.6) is 0 Å². The number of amides is 2. The number of carbonyl (C=O) groups excluding carboxylic acids is 1. The minimum atomic E-state index is -0.714. The molecule has 0 saturated carbocycles. The molecule has 0 spiro atoms. The molecule has 28 heavy (non-hydrogen) atoms. The van der Waals surface area contributed by atoms with Gasteiger partial charge in [-0.05, 0) is 49.7 Å². The first kappa shape index (κ1) is 20.9. The van der Waals surface area contributed by atoms with Crippen molar-refractivity contribution in [3.05, 3.63) is 64.9 Å². The van der Waals surface area contributed by atoms with Gasteiger partial charge in [-0.2, -0.15) is 5.06 Å². The zero-order valence-corrected chi connectivity index (χ0v) is 17.6. The standard InChI is InChI=1S/C19H19ClFN3O2S2/c1-19(2)16(24(26)17(25)22-15-5-3-4-13(20)10-15)23(18(27)28-19)11-12-6-8-14(21)9-7-12/h3-10,16,26H,11H2,1-2H3,(H,22,25). The van der Waals surface area contributed by atoms with Crippen molar-refractivity contribution in [2.24, 2.45) is 0 Å². The van der Waals surface area contributed by atoms with Gasteiger partial charge in [0.25, 0.3) is 0 Å². The van der Waals surface area contributed by atoms with Crippen molar-refractivity contribution < 1.29 is 14.4 Å². The van der Waals surface area contributed by atoms with Crippen LogP contribution < -0.4 is 5.32 Å². The van der Waals surface area contributed by atoms with E-state index in [2.05, 4.69) is 5.32 Å². The van der Waals surface area contributed by atoms with Gasteiger partial charge in [0.15, 0.2) is 0 Å². The molecule has 1 saturated heterocycles. The molecule has 2 amide bonds. The summed E-state index contributed by atoms with van der Waals surface area (Å²) in [5.74, 6) is -0.330. The Morgan fingerprint density at radius 1 is 1.36 bits per heavy atom. The molecular weight excluding hydrogens is 421 g/mol. The minimum Gasteiger partial charge on any atom is -0.329 e. The van der Waals surface area contributed by atoms with Crippen LogP contribution >= 0.6 is 35.6 Å². The Morgan fingerprint density at radius 3 is 2.68 bits per heavy atom. The van der Waals surface area contributed by atoms with Gasteiger partial charge in [0.1, 0.15) is 16.3 Å². The van der Waals surface area contributed by atoms with E-state index in [1.165, 1.54) is 23.9 Å². The molecule has 2 aromatic carbocycles. The zero-order chi connectivity index (χ0) is 20.5. The smallest absolute Gasteiger partial charge is 0.329 e. The molecule has 2 N–H and O–H groups in total. The number of carbonyl (C=O) groups is 1. The third kappa shape index (κ3) is 4.57. The molecule has 5 nitrogen and oxygen atoms in total. The first-order valence-corrected chi connectivity index (χ1v) is 10.1. The van der Waals surface area contributed by atoms with Gasteiger partial charge in [-0.25, -0.2) is 9.18 Å². The zero-order valence-electron chi connectivity index (χ0n) is 15.2. The SMILES string of the molecule is CC1(C)SC(=S)N(Cc2ccc(F)cc2)C1N(O)C(=O)Nc1cccc(Cl)c1. The lowest BCUT2D eigenvalue weighted by molar-refractivity contribution is -0.115. The number of thiocarbonyl (C=S) groups is 1. The van der Waals surface area contributed by atoms with E-state index in [0.717, 1.165) is 5.56 Å². The van der Waals surface area contributed by atoms with Crippen LogP contribution in [0.25, 0.3) is 0 Å². The highest BCUT2D eigenvalue weighted by atomic mass is 35.5. The normalized spacial score (nSPS) is 18.2. The van der Waals surface area contributed by atoms with E-state index in [-0.39, 0.29) is 5.82 Å². The number of urea groups is 1. The van der Waals surface area contributed by atoms with Crippen molar-refractivity contribution in [1.82, 2.24) is 9.96 Å². The highest BCUT2D eigenvalue weighted by Gasteiger charge is 2.49. The Morgan fingerprint density at radius 2 is 2.04 bits per heavy atom. The number of rotatable bonds is 4. The van der Waals surface area contributed by atoms with Gasteiger partial charge < -0.3 is 10.2 Å². The van der Waals surface area contributed by atoms with Gasteiger partial charge >= 0.3 is 6.03 Å². The first-order chi connectivity index (χ1) is 13.2. The van der Waals surface area contributed by atoms with E-state index in [4.69, 9.17) is 23.8 Å². The van der Waals surface area contributed by atoms with Crippen LogP contribution in [-0.2, 0) is 6.54 Å². The average Bonchev–Trinajstić information content (AvgIpc) is 2.84. The summed E-state index contributed by atoms with van der Waals surface area (Å²) in [6, 6.07) is 12.0. The van der Waals surface area contributed by atoms with E-state index < -0.39 is 16.9 Å². The van der Waals surface area contributed by atoms with Gasteiger partial charge in [0.2, 0.25) is 0 Å². The number of nitrogens with one attached hydrogen (secondary N) is 1. The van der Waals surface area contributed by atoms with Crippen LogP contribution in [-0.4, -0.2) is 36.4 Å². The molecule has 148 valence electrons. The summed E-state index contributed by atoms with van der Waals surface area (Å²) >= 11 is 12.8. The quantitative estimate of drug-likeness (QED) is 0.382.